The highest BCUT2D eigenvalue weighted by Crippen LogP contribution is 2.44. The van der Waals surface area contributed by atoms with E-state index in [4.69, 9.17) is 14.2 Å². The predicted molar refractivity (Wildman–Crippen MR) is 73.1 cm³/mol. The number of ether oxygens (including phenoxy) is 3. The second-order valence-electron chi connectivity index (χ2n) is 5.81. The SMILES string of the molecule is CNC(C)(C)C1(c2ccc3c(c2)OCCO3)COC1. The second-order valence-corrected chi connectivity index (χ2v) is 5.81. The molecule has 0 aromatic heterocycles. The molecule has 1 aromatic carbocycles. The van der Waals surface area contributed by atoms with Crippen LogP contribution in [-0.4, -0.2) is 39.0 Å². The van der Waals surface area contributed by atoms with Crippen LogP contribution in [0.15, 0.2) is 18.2 Å². The van der Waals surface area contributed by atoms with Gasteiger partial charge in [-0.2, -0.15) is 0 Å². The Bertz CT molecular complexity index is 480. The Labute approximate surface area is 114 Å². The largest absolute Gasteiger partial charge is 0.486 e. The maximum Gasteiger partial charge on any atom is 0.161 e. The van der Waals surface area contributed by atoms with Crippen molar-refractivity contribution in [2.24, 2.45) is 0 Å². The minimum absolute atomic E-state index is 0.00239. The van der Waals surface area contributed by atoms with Gasteiger partial charge in [-0.25, -0.2) is 0 Å². The summed E-state index contributed by atoms with van der Waals surface area (Å²) in [7, 11) is 2.00. The third-order valence-corrected chi connectivity index (χ3v) is 4.61. The van der Waals surface area contributed by atoms with E-state index in [2.05, 4.69) is 31.3 Å². The molecule has 0 aliphatic carbocycles. The molecule has 4 heteroatoms. The van der Waals surface area contributed by atoms with Crippen molar-refractivity contribution < 1.29 is 14.2 Å². The zero-order valence-electron chi connectivity index (χ0n) is 11.8. The lowest BCUT2D eigenvalue weighted by Crippen LogP contribution is -2.65. The van der Waals surface area contributed by atoms with Gasteiger partial charge in [-0.05, 0) is 38.6 Å². The van der Waals surface area contributed by atoms with E-state index in [1.165, 1.54) is 5.56 Å². The molecule has 4 nitrogen and oxygen atoms in total. The van der Waals surface area contributed by atoms with E-state index in [1.807, 2.05) is 13.1 Å². The molecule has 0 atom stereocenters. The lowest BCUT2D eigenvalue weighted by Gasteiger charge is -2.52. The molecule has 3 rings (SSSR count). The summed E-state index contributed by atoms with van der Waals surface area (Å²) >= 11 is 0. The van der Waals surface area contributed by atoms with Crippen molar-refractivity contribution in [3.05, 3.63) is 23.8 Å². The molecule has 0 bridgehead atoms. The van der Waals surface area contributed by atoms with E-state index in [-0.39, 0.29) is 11.0 Å². The monoisotopic (exact) mass is 263 g/mol. The molecule has 0 amide bonds. The van der Waals surface area contributed by atoms with Crippen LogP contribution in [0.4, 0.5) is 0 Å². The molecule has 0 saturated carbocycles. The summed E-state index contributed by atoms with van der Waals surface area (Å²) in [5.41, 5.74) is 1.22. The Hall–Kier alpha value is -1.26. The molecule has 2 heterocycles. The highest BCUT2D eigenvalue weighted by molar-refractivity contribution is 5.48. The minimum Gasteiger partial charge on any atom is -0.486 e. The summed E-state index contributed by atoms with van der Waals surface area (Å²) in [6.45, 7) is 7.15. The van der Waals surface area contributed by atoms with Gasteiger partial charge in [-0.3, -0.25) is 0 Å². The first-order valence-corrected chi connectivity index (χ1v) is 6.76. The number of benzene rings is 1. The van der Waals surface area contributed by atoms with E-state index >= 15 is 0 Å². The van der Waals surface area contributed by atoms with Crippen LogP contribution >= 0.6 is 0 Å². The van der Waals surface area contributed by atoms with Crippen LogP contribution in [0.3, 0.4) is 0 Å². The van der Waals surface area contributed by atoms with Crippen molar-refractivity contribution in [3.63, 3.8) is 0 Å². The average molecular weight is 263 g/mol. The first-order chi connectivity index (χ1) is 9.09. The molecular formula is C15H21NO3. The predicted octanol–water partition coefficient (Wildman–Crippen LogP) is 1.72. The summed E-state index contributed by atoms with van der Waals surface area (Å²) in [5.74, 6) is 1.69. The van der Waals surface area contributed by atoms with Crippen molar-refractivity contribution in [3.8, 4) is 11.5 Å². The molecule has 0 radical (unpaired) electrons. The molecule has 1 N–H and O–H groups in total. The number of likely N-dealkylation sites (N-methyl/N-ethyl adjacent to an activating group) is 1. The van der Waals surface area contributed by atoms with Crippen LogP contribution in [0.25, 0.3) is 0 Å². The van der Waals surface area contributed by atoms with E-state index < -0.39 is 0 Å². The molecule has 2 aliphatic heterocycles. The van der Waals surface area contributed by atoms with Crippen LogP contribution in [0.1, 0.15) is 19.4 Å². The molecular weight excluding hydrogens is 242 g/mol. The van der Waals surface area contributed by atoms with Gasteiger partial charge in [0.1, 0.15) is 13.2 Å². The molecule has 2 aliphatic rings. The Morgan fingerprint density at radius 2 is 1.79 bits per heavy atom. The van der Waals surface area contributed by atoms with Crippen molar-refractivity contribution in [2.75, 3.05) is 33.5 Å². The number of hydrogen-bond donors (Lipinski definition) is 1. The molecule has 1 saturated heterocycles. The van der Waals surface area contributed by atoms with Gasteiger partial charge in [0.15, 0.2) is 11.5 Å². The molecule has 0 unspecified atom stereocenters. The number of nitrogens with one attached hydrogen (secondary N) is 1. The number of rotatable bonds is 3. The normalized spacial score (nSPS) is 20.8. The van der Waals surface area contributed by atoms with Gasteiger partial charge >= 0.3 is 0 Å². The molecule has 0 spiro atoms. The molecule has 1 aromatic rings. The average Bonchev–Trinajstić information content (AvgIpc) is 2.37. The molecule has 1 fully saturated rings. The second kappa shape index (κ2) is 4.39. The zero-order valence-corrected chi connectivity index (χ0v) is 11.8. The fourth-order valence-corrected chi connectivity index (χ4v) is 2.77. The van der Waals surface area contributed by atoms with E-state index in [1.54, 1.807) is 0 Å². The highest BCUT2D eigenvalue weighted by Gasteiger charge is 2.51. The zero-order chi connectivity index (χ0) is 13.5. The number of fused-ring (bicyclic) bond motifs is 1. The Kier molecular flexibility index (Phi) is 2.95. The van der Waals surface area contributed by atoms with Gasteiger partial charge in [0, 0.05) is 5.54 Å². The lowest BCUT2D eigenvalue weighted by atomic mass is 9.65. The number of hydrogen-bond acceptors (Lipinski definition) is 4. The summed E-state index contributed by atoms with van der Waals surface area (Å²) in [5, 5.41) is 3.41. The quantitative estimate of drug-likeness (QED) is 0.901. The van der Waals surface area contributed by atoms with Crippen molar-refractivity contribution in [2.45, 2.75) is 24.8 Å². The fraction of sp³-hybridized carbons (Fsp3) is 0.600. The van der Waals surface area contributed by atoms with Crippen LogP contribution in [0, 0.1) is 0 Å². The minimum atomic E-state index is -0.0327. The summed E-state index contributed by atoms with van der Waals surface area (Å²) < 4.78 is 16.8. The van der Waals surface area contributed by atoms with Crippen molar-refractivity contribution >= 4 is 0 Å². The Balaban J connectivity index is 2.00. The van der Waals surface area contributed by atoms with Crippen molar-refractivity contribution in [1.82, 2.24) is 5.32 Å². The van der Waals surface area contributed by atoms with Gasteiger partial charge in [-0.15, -0.1) is 0 Å². The maximum absolute atomic E-state index is 5.69. The topological polar surface area (TPSA) is 39.7 Å². The Morgan fingerprint density at radius 3 is 2.37 bits per heavy atom. The van der Waals surface area contributed by atoms with Gasteiger partial charge < -0.3 is 19.5 Å². The van der Waals surface area contributed by atoms with E-state index in [9.17, 15) is 0 Å². The summed E-state index contributed by atoms with van der Waals surface area (Å²) in [6.07, 6.45) is 0. The third kappa shape index (κ3) is 1.82. The fourth-order valence-electron chi connectivity index (χ4n) is 2.77. The van der Waals surface area contributed by atoms with E-state index in [0.717, 1.165) is 24.7 Å². The molecule has 19 heavy (non-hydrogen) atoms. The van der Waals surface area contributed by atoms with Gasteiger partial charge in [0.2, 0.25) is 0 Å². The first kappa shape index (κ1) is 12.8. The Morgan fingerprint density at radius 1 is 1.11 bits per heavy atom. The van der Waals surface area contributed by atoms with Crippen LogP contribution in [-0.2, 0) is 10.2 Å². The summed E-state index contributed by atoms with van der Waals surface area (Å²) in [4.78, 5) is 0. The highest BCUT2D eigenvalue weighted by atomic mass is 16.6. The van der Waals surface area contributed by atoms with Gasteiger partial charge in [0.05, 0.1) is 18.6 Å². The third-order valence-electron chi connectivity index (χ3n) is 4.61. The van der Waals surface area contributed by atoms with Gasteiger partial charge in [0.25, 0.3) is 0 Å². The standard InChI is InChI=1S/C15H21NO3/c1-14(2,16-3)15(9-17-10-15)11-4-5-12-13(8-11)19-7-6-18-12/h4-5,8,16H,6-7,9-10H2,1-3H3. The first-order valence-electron chi connectivity index (χ1n) is 6.76. The lowest BCUT2D eigenvalue weighted by molar-refractivity contribution is -0.0992. The smallest absolute Gasteiger partial charge is 0.161 e. The maximum atomic E-state index is 5.69. The van der Waals surface area contributed by atoms with E-state index in [0.29, 0.717) is 13.2 Å². The van der Waals surface area contributed by atoms with Crippen molar-refractivity contribution in [1.29, 1.82) is 0 Å². The molecule has 104 valence electrons. The van der Waals surface area contributed by atoms with Crippen LogP contribution in [0.2, 0.25) is 0 Å². The van der Waals surface area contributed by atoms with Crippen LogP contribution in [0.5, 0.6) is 11.5 Å². The van der Waals surface area contributed by atoms with Gasteiger partial charge in [-0.1, -0.05) is 6.07 Å². The van der Waals surface area contributed by atoms with Crippen LogP contribution < -0.4 is 14.8 Å². The summed E-state index contributed by atoms with van der Waals surface area (Å²) in [6, 6.07) is 6.25.